The fourth-order valence-electron chi connectivity index (χ4n) is 9.39. The lowest BCUT2D eigenvalue weighted by molar-refractivity contribution is -0.276. The van der Waals surface area contributed by atoms with E-state index >= 15 is 0 Å². The third-order valence-electron chi connectivity index (χ3n) is 15.0. The van der Waals surface area contributed by atoms with Gasteiger partial charge in [-0.15, -0.1) is 0 Å². The number of aliphatic carboxylic acids is 1. The summed E-state index contributed by atoms with van der Waals surface area (Å²) in [6, 6.07) is 0. The number of nitrogens with two attached hydrogens (primary N) is 1. The van der Waals surface area contributed by atoms with E-state index in [1.54, 1.807) is 59.0 Å². The molecule has 76 heavy (non-hydrogen) atoms. The number of hydrogen-bond donors (Lipinski definition) is 13. The highest BCUT2D eigenvalue weighted by molar-refractivity contribution is 5.90. The number of carbonyl (C=O) groups excluding carboxylic acids is 2. The van der Waals surface area contributed by atoms with Crippen molar-refractivity contribution >= 4 is 23.7 Å². The van der Waals surface area contributed by atoms with Crippen molar-refractivity contribution in [2.75, 3.05) is 20.7 Å². The fourth-order valence-corrected chi connectivity index (χ4v) is 9.39. The lowest BCUT2D eigenvalue weighted by atomic mass is 9.77. The topological polar surface area (TPSA) is 343 Å². The van der Waals surface area contributed by atoms with Gasteiger partial charge in [-0.2, -0.15) is 0 Å². The molecule has 17 atom stereocenters. The van der Waals surface area contributed by atoms with Crippen LogP contribution in [0.4, 0.5) is 0 Å². The molecule has 438 valence electrons. The molecule has 0 saturated carbocycles. The van der Waals surface area contributed by atoms with E-state index in [4.69, 9.17) is 20.3 Å². The molecule has 0 radical (unpaired) electrons. The molecule has 0 aromatic carbocycles. The number of hydrogen-bond acceptors (Lipinski definition) is 16. The molecule has 0 saturated heterocycles. The zero-order valence-electron chi connectivity index (χ0n) is 46.6. The number of esters is 1. The number of carboxylic acid groups (broad SMARTS) is 1. The minimum absolute atomic E-state index is 0.0275. The van der Waals surface area contributed by atoms with Crippen molar-refractivity contribution in [2.45, 2.75) is 218 Å². The number of nitrogens with one attached hydrogen (secondary N) is 1. The second-order valence-corrected chi connectivity index (χ2v) is 21.5. The van der Waals surface area contributed by atoms with Gasteiger partial charge in [0, 0.05) is 64.6 Å². The lowest BCUT2D eigenvalue weighted by Gasteiger charge is -2.37. The number of ketones is 1. The molecule has 0 heterocycles. The lowest BCUT2D eigenvalue weighted by Crippen LogP contribution is -2.53. The zero-order chi connectivity index (χ0) is 57.5. The van der Waals surface area contributed by atoms with Crippen LogP contribution in [0.15, 0.2) is 65.2 Å². The zero-order valence-corrected chi connectivity index (χ0v) is 46.6. The molecule has 0 amide bonds. The van der Waals surface area contributed by atoms with Gasteiger partial charge in [-0.3, -0.25) is 19.4 Å². The molecule has 14 N–H and O–H groups in total. The summed E-state index contributed by atoms with van der Waals surface area (Å²) < 4.78 is 10.6. The maximum atomic E-state index is 13.5. The largest absolute Gasteiger partial charge is 0.481 e. The third kappa shape index (κ3) is 28.7. The molecule has 0 spiro atoms. The first kappa shape index (κ1) is 70.2. The Balaban J connectivity index is 3.43. The van der Waals surface area contributed by atoms with Gasteiger partial charge in [0.25, 0.3) is 0 Å². The van der Waals surface area contributed by atoms with Crippen molar-refractivity contribution in [1.29, 1.82) is 0 Å². The molecule has 0 aromatic rings. The van der Waals surface area contributed by atoms with Crippen LogP contribution in [0.2, 0.25) is 0 Å². The molecule has 1 aliphatic rings. The summed E-state index contributed by atoms with van der Waals surface area (Å²) in [5.41, 5.74) is 6.22. The highest BCUT2D eigenvalue weighted by Gasteiger charge is 2.43. The van der Waals surface area contributed by atoms with Crippen molar-refractivity contribution in [3.05, 3.63) is 60.3 Å². The Morgan fingerprint density at radius 2 is 1.46 bits per heavy atom. The summed E-state index contributed by atoms with van der Waals surface area (Å²) in [5.74, 6) is -6.17. The molecule has 1 aliphatic carbocycles. The molecule has 0 bridgehead atoms. The van der Waals surface area contributed by atoms with E-state index < -0.39 is 109 Å². The molecular weight excluding hydrogens is 983 g/mol. The van der Waals surface area contributed by atoms with Gasteiger partial charge in [-0.05, 0) is 106 Å². The Labute approximate surface area is 452 Å². The molecule has 1 rings (SSSR count). The van der Waals surface area contributed by atoms with Gasteiger partial charge in [0.05, 0.1) is 48.8 Å². The number of methoxy groups -OCH3 is 1. The summed E-state index contributed by atoms with van der Waals surface area (Å²) in [7, 11) is 2.72. The predicted octanol–water partition coefficient (Wildman–Crippen LogP) is 4.28. The molecule has 0 aliphatic heterocycles. The Kier molecular flexibility index (Phi) is 35.0. The number of allylic oxidation sites excluding steroid dienone is 8. The van der Waals surface area contributed by atoms with Crippen LogP contribution in [0.5, 0.6) is 0 Å². The van der Waals surface area contributed by atoms with Gasteiger partial charge < -0.3 is 76.7 Å². The number of carbonyl (C=O) groups is 3. The van der Waals surface area contributed by atoms with Crippen LogP contribution in [0.3, 0.4) is 0 Å². The highest BCUT2D eigenvalue weighted by Crippen LogP contribution is 2.32. The first-order chi connectivity index (χ1) is 35.7. The van der Waals surface area contributed by atoms with Crippen molar-refractivity contribution in [1.82, 2.24) is 5.32 Å². The smallest absolute Gasteiger partial charge is 0.317 e. The average Bonchev–Trinajstić information content (AvgIpc) is 3.35. The number of aliphatic hydroxyl groups is 10. The van der Waals surface area contributed by atoms with E-state index in [2.05, 4.69) is 29.4 Å². The first-order valence-corrected chi connectivity index (χ1v) is 27.4. The van der Waals surface area contributed by atoms with E-state index in [1.807, 2.05) is 19.1 Å². The van der Waals surface area contributed by atoms with Gasteiger partial charge in [0.15, 0.2) is 17.5 Å². The molecule has 19 heteroatoms. The summed E-state index contributed by atoms with van der Waals surface area (Å²) in [4.78, 5) is 41.0. The minimum Gasteiger partial charge on any atom is -0.481 e. The van der Waals surface area contributed by atoms with Crippen LogP contribution in [0.25, 0.3) is 0 Å². The summed E-state index contributed by atoms with van der Waals surface area (Å²) in [5, 5.41) is 123. The Morgan fingerprint density at radius 1 is 0.816 bits per heavy atom. The summed E-state index contributed by atoms with van der Waals surface area (Å²) in [6.07, 6.45) is 6.69. The fraction of sp³-hybridized carbons (Fsp3) is 0.754. The quantitative estimate of drug-likeness (QED) is 0.0233. The molecule has 19 nitrogen and oxygen atoms in total. The summed E-state index contributed by atoms with van der Waals surface area (Å²) in [6.45, 7) is 11.7. The predicted molar refractivity (Wildman–Crippen MR) is 292 cm³/mol. The van der Waals surface area contributed by atoms with Crippen LogP contribution < -0.4 is 11.1 Å². The number of guanidine groups is 1. The number of aliphatic imine (C=N–C) groups is 1. The van der Waals surface area contributed by atoms with E-state index in [9.17, 15) is 65.4 Å². The number of ether oxygens (including phenoxy) is 2. The van der Waals surface area contributed by atoms with E-state index in [1.165, 1.54) is 6.08 Å². The second kappa shape index (κ2) is 37.9. The molecule has 0 fully saturated rings. The highest BCUT2D eigenvalue weighted by atomic mass is 16.6. The van der Waals surface area contributed by atoms with Crippen molar-refractivity contribution < 1.29 is 80.0 Å². The maximum absolute atomic E-state index is 13.5. The van der Waals surface area contributed by atoms with Crippen LogP contribution in [-0.2, 0) is 23.9 Å². The van der Waals surface area contributed by atoms with Gasteiger partial charge in [0.1, 0.15) is 18.6 Å². The standard InChI is InChI=1S/C57H99N3O16/c1-36(19-13-11-9-10-12-16-28-60-56(58)59-7)46-31-42(61)23-15-14-20-38(3)50(67)33-51(68)41(6)47(64)27-26-40(5)52(69)35-57(74,75-8)55(73)48(65)25-18-24-45(76-54(72)34-53(70)71)30-43(62)29-44(63)32-49(66)39(4)22-17-21-37(46)2/h9-10,14-15,17,20-23,36-38,40-41,43-52,55,62-69,73-74H,11-13,16,18-19,24-35H2,1-8H3,(H,70,71)(H3,58,59,60). The van der Waals surface area contributed by atoms with Gasteiger partial charge in [-0.1, -0.05) is 89.6 Å². The van der Waals surface area contributed by atoms with Crippen LogP contribution >= 0.6 is 0 Å². The monoisotopic (exact) mass is 1080 g/mol. The minimum atomic E-state index is -2.43. The van der Waals surface area contributed by atoms with Crippen LogP contribution in [0.1, 0.15) is 151 Å². The number of aliphatic hydroxyl groups excluding tert-OH is 9. The van der Waals surface area contributed by atoms with Gasteiger partial charge in [0.2, 0.25) is 0 Å². The SMILES string of the molecule is CN=C(N)NCCCC=CCCCC(C)C1CC(=O)C=CC=CC(C)C(O)CC(O)C(C)C(O)CCC(C)C(O)CC(O)(OC)C(O)C(O)CCCC(OC(=O)CC(=O)O)CC(O)CC(O)CC(O)C(C)=CC=CC1C. The van der Waals surface area contributed by atoms with E-state index in [0.717, 1.165) is 45.8 Å². The van der Waals surface area contributed by atoms with Crippen molar-refractivity contribution in [3.8, 4) is 0 Å². The van der Waals surface area contributed by atoms with Gasteiger partial charge >= 0.3 is 11.9 Å². The van der Waals surface area contributed by atoms with Crippen LogP contribution in [-0.4, -0.2) is 167 Å². The van der Waals surface area contributed by atoms with E-state index in [-0.39, 0.29) is 87.7 Å². The Bertz CT molecular complexity index is 1840. The number of rotatable bonds is 13. The molecule has 0 aromatic heterocycles. The third-order valence-corrected chi connectivity index (χ3v) is 15.0. The van der Waals surface area contributed by atoms with Crippen molar-refractivity contribution in [2.24, 2.45) is 46.2 Å². The summed E-state index contributed by atoms with van der Waals surface area (Å²) >= 11 is 0. The Hall–Kier alpha value is -3.86. The van der Waals surface area contributed by atoms with E-state index in [0.29, 0.717) is 11.5 Å². The number of carboxylic acids is 1. The van der Waals surface area contributed by atoms with Crippen molar-refractivity contribution in [3.63, 3.8) is 0 Å². The maximum Gasteiger partial charge on any atom is 0.317 e. The molecular formula is C57H99N3O16. The van der Waals surface area contributed by atoms with Crippen LogP contribution in [0, 0.1) is 35.5 Å². The number of nitrogens with zero attached hydrogens (tertiary/aromatic N) is 1. The first-order valence-electron chi connectivity index (χ1n) is 27.4. The normalized spacial score (nSPS) is 34.3. The second-order valence-electron chi connectivity index (χ2n) is 21.5. The van der Waals surface area contributed by atoms with Gasteiger partial charge in [-0.25, -0.2) is 0 Å². The molecule has 17 unspecified atom stereocenters. The number of unbranched alkanes of at least 4 members (excludes halogenated alkanes) is 2. The average molecular weight is 1080 g/mol. The Morgan fingerprint density at radius 3 is 2.11 bits per heavy atom.